The van der Waals surface area contributed by atoms with Gasteiger partial charge in [0.1, 0.15) is 0 Å². The average Bonchev–Trinajstić information content (AvgIpc) is 2.64. The number of aromatic nitrogens is 2. The van der Waals surface area contributed by atoms with E-state index in [1.165, 1.54) is 4.68 Å². The van der Waals surface area contributed by atoms with Crippen LogP contribution in [0.4, 0.5) is 13.2 Å². The minimum Gasteiger partial charge on any atom is -0.294 e. The van der Waals surface area contributed by atoms with Crippen LogP contribution in [0.25, 0.3) is 0 Å². The third-order valence-corrected chi connectivity index (χ3v) is 2.75. The molecule has 0 saturated heterocycles. The lowest BCUT2D eigenvalue weighted by Gasteiger charge is -2.03. The average molecular weight is 268 g/mol. The summed E-state index contributed by atoms with van der Waals surface area (Å²) < 4.78 is 40.4. The molecular weight excluding hydrogens is 257 g/mol. The number of rotatable bonds is 3. The Kier molecular flexibility index (Phi) is 3.42. The summed E-state index contributed by atoms with van der Waals surface area (Å²) in [6.07, 6.45) is -0.0537. The molecule has 0 amide bonds. The zero-order valence-corrected chi connectivity index (χ0v) is 10.4. The molecule has 0 aliphatic rings. The summed E-state index contributed by atoms with van der Waals surface area (Å²) in [4.78, 5) is 11.9. The summed E-state index contributed by atoms with van der Waals surface area (Å²) in [5, 5.41) is 4.06. The van der Waals surface area contributed by atoms with Crippen LogP contribution in [0.2, 0.25) is 0 Å². The fraction of sp³-hybridized carbons (Fsp3) is 0.231. The smallest absolute Gasteiger partial charge is 0.194 e. The van der Waals surface area contributed by atoms with E-state index in [4.69, 9.17) is 0 Å². The predicted octanol–water partition coefficient (Wildman–Crippen LogP) is 2.57. The summed E-state index contributed by atoms with van der Waals surface area (Å²) >= 11 is 0. The normalized spacial score (nSPS) is 10.8. The molecule has 1 aromatic carbocycles. The van der Waals surface area contributed by atoms with Crippen molar-refractivity contribution in [3.8, 4) is 0 Å². The highest BCUT2D eigenvalue weighted by Crippen LogP contribution is 2.15. The first-order valence-corrected chi connectivity index (χ1v) is 5.55. The first-order valence-electron chi connectivity index (χ1n) is 5.55. The molecule has 1 heterocycles. The van der Waals surface area contributed by atoms with E-state index in [2.05, 4.69) is 5.10 Å². The van der Waals surface area contributed by atoms with Crippen LogP contribution in [0.15, 0.2) is 18.2 Å². The van der Waals surface area contributed by atoms with E-state index in [1.807, 2.05) is 0 Å². The van der Waals surface area contributed by atoms with Crippen molar-refractivity contribution in [2.24, 2.45) is 7.05 Å². The molecule has 0 atom stereocenters. The van der Waals surface area contributed by atoms with Crippen molar-refractivity contribution >= 4 is 5.78 Å². The molecule has 2 rings (SSSR count). The second kappa shape index (κ2) is 4.87. The van der Waals surface area contributed by atoms with Crippen LogP contribution in [0.5, 0.6) is 0 Å². The van der Waals surface area contributed by atoms with Gasteiger partial charge in [-0.05, 0) is 25.1 Å². The van der Waals surface area contributed by atoms with E-state index in [-0.39, 0.29) is 12.0 Å². The summed E-state index contributed by atoms with van der Waals surface area (Å²) in [5.41, 5.74) is 1.16. The number of carbonyl (C=O) groups is 1. The van der Waals surface area contributed by atoms with Crippen LogP contribution in [-0.2, 0) is 13.5 Å². The molecule has 100 valence electrons. The number of nitrogens with zero attached hydrogens (tertiary/aromatic N) is 2. The maximum Gasteiger partial charge on any atom is 0.194 e. The van der Waals surface area contributed by atoms with E-state index < -0.39 is 23.2 Å². The summed E-state index contributed by atoms with van der Waals surface area (Å²) in [7, 11) is 1.67. The van der Waals surface area contributed by atoms with Gasteiger partial charge in [-0.2, -0.15) is 5.10 Å². The zero-order valence-electron chi connectivity index (χ0n) is 10.4. The standard InChI is InChI=1S/C13H11F3N2O/c1-7-3-9(18(2)17-7)6-12(19)8-4-10(14)13(16)11(15)5-8/h3-5H,6H2,1-2H3. The van der Waals surface area contributed by atoms with Crippen LogP contribution in [0.1, 0.15) is 21.7 Å². The number of hydrogen-bond donors (Lipinski definition) is 0. The van der Waals surface area contributed by atoms with Gasteiger partial charge in [-0.25, -0.2) is 13.2 Å². The zero-order chi connectivity index (χ0) is 14.2. The number of ketones is 1. The lowest BCUT2D eigenvalue weighted by Crippen LogP contribution is -2.09. The van der Waals surface area contributed by atoms with E-state index in [1.54, 1.807) is 20.0 Å². The fourth-order valence-corrected chi connectivity index (χ4v) is 1.81. The minimum atomic E-state index is -1.58. The van der Waals surface area contributed by atoms with Crippen molar-refractivity contribution in [3.05, 3.63) is 52.6 Å². The van der Waals surface area contributed by atoms with Gasteiger partial charge < -0.3 is 0 Å². The molecule has 0 N–H and O–H groups in total. The van der Waals surface area contributed by atoms with Crippen molar-refractivity contribution in [2.45, 2.75) is 13.3 Å². The van der Waals surface area contributed by atoms with Crippen molar-refractivity contribution in [2.75, 3.05) is 0 Å². The van der Waals surface area contributed by atoms with Gasteiger partial charge in [-0.1, -0.05) is 0 Å². The summed E-state index contributed by atoms with van der Waals surface area (Å²) in [6.45, 7) is 1.77. The minimum absolute atomic E-state index is 0.0537. The van der Waals surface area contributed by atoms with Gasteiger partial charge in [0, 0.05) is 18.3 Å². The molecule has 1 aromatic heterocycles. The molecule has 0 radical (unpaired) electrons. The Bertz CT molecular complexity index is 626. The third-order valence-electron chi connectivity index (χ3n) is 2.75. The van der Waals surface area contributed by atoms with Crippen LogP contribution in [0, 0.1) is 24.4 Å². The van der Waals surface area contributed by atoms with Crippen molar-refractivity contribution < 1.29 is 18.0 Å². The quantitative estimate of drug-likeness (QED) is 0.633. The second-order valence-corrected chi connectivity index (χ2v) is 4.25. The molecule has 19 heavy (non-hydrogen) atoms. The summed E-state index contributed by atoms with van der Waals surface area (Å²) in [6, 6.07) is 3.10. The molecule has 2 aromatic rings. The van der Waals surface area contributed by atoms with Gasteiger partial charge in [0.2, 0.25) is 0 Å². The molecule has 0 aliphatic heterocycles. The molecule has 3 nitrogen and oxygen atoms in total. The Morgan fingerprint density at radius 3 is 2.26 bits per heavy atom. The maximum atomic E-state index is 13.0. The molecule has 0 aliphatic carbocycles. The first kappa shape index (κ1) is 13.3. The molecule has 0 saturated carbocycles. The van der Waals surface area contributed by atoms with E-state index in [0.29, 0.717) is 17.8 Å². The number of benzene rings is 1. The molecule has 0 bridgehead atoms. The van der Waals surface area contributed by atoms with E-state index in [9.17, 15) is 18.0 Å². The largest absolute Gasteiger partial charge is 0.294 e. The number of halogens is 3. The third kappa shape index (κ3) is 2.67. The highest BCUT2D eigenvalue weighted by molar-refractivity contribution is 5.97. The van der Waals surface area contributed by atoms with Crippen LogP contribution >= 0.6 is 0 Å². The topological polar surface area (TPSA) is 34.9 Å². The van der Waals surface area contributed by atoms with Crippen molar-refractivity contribution in [1.82, 2.24) is 9.78 Å². The number of Topliss-reactive ketones (excluding diaryl/α,β-unsaturated/α-hetero) is 1. The number of hydrogen-bond acceptors (Lipinski definition) is 2. The Balaban J connectivity index is 2.28. The van der Waals surface area contributed by atoms with Gasteiger partial charge >= 0.3 is 0 Å². The fourth-order valence-electron chi connectivity index (χ4n) is 1.81. The van der Waals surface area contributed by atoms with Gasteiger partial charge in [0.15, 0.2) is 23.2 Å². The SMILES string of the molecule is Cc1cc(CC(=O)c2cc(F)c(F)c(F)c2)n(C)n1. The van der Waals surface area contributed by atoms with Gasteiger partial charge in [-0.15, -0.1) is 0 Å². The maximum absolute atomic E-state index is 13.0. The first-order chi connectivity index (χ1) is 8.88. The van der Waals surface area contributed by atoms with E-state index in [0.717, 1.165) is 5.69 Å². The highest BCUT2D eigenvalue weighted by atomic mass is 19.2. The monoisotopic (exact) mass is 268 g/mol. The number of aryl methyl sites for hydroxylation is 2. The van der Waals surface area contributed by atoms with Crippen LogP contribution in [-0.4, -0.2) is 15.6 Å². The Morgan fingerprint density at radius 1 is 1.21 bits per heavy atom. The van der Waals surface area contributed by atoms with E-state index >= 15 is 0 Å². The summed E-state index contributed by atoms with van der Waals surface area (Å²) in [5.74, 6) is -4.82. The highest BCUT2D eigenvalue weighted by Gasteiger charge is 2.16. The Hall–Kier alpha value is -2.11. The lowest BCUT2D eigenvalue weighted by atomic mass is 10.1. The molecule has 0 unspecified atom stereocenters. The molecule has 0 fully saturated rings. The van der Waals surface area contributed by atoms with Crippen molar-refractivity contribution in [3.63, 3.8) is 0 Å². The number of carbonyl (C=O) groups excluding carboxylic acids is 1. The van der Waals surface area contributed by atoms with Crippen molar-refractivity contribution in [1.29, 1.82) is 0 Å². The Labute approximate surface area is 107 Å². The predicted molar refractivity (Wildman–Crippen MR) is 62.3 cm³/mol. The van der Waals surface area contributed by atoms with Gasteiger partial charge in [0.25, 0.3) is 0 Å². The molecule has 0 spiro atoms. The molecular formula is C13H11F3N2O. The van der Waals surface area contributed by atoms with Crippen LogP contribution < -0.4 is 0 Å². The van der Waals surface area contributed by atoms with Crippen LogP contribution in [0.3, 0.4) is 0 Å². The lowest BCUT2D eigenvalue weighted by molar-refractivity contribution is 0.0989. The van der Waals surface area contributed by atoms with Gasteiger partial charge in [-0.3, -0.25) is 9.48 Å². The van der Waals surface area contributed by atoms with Gasteiger partial charge in [0.05, 0.1) is 12.1 Å². The molecule has 6 heteroatoms. The second-order valence-electron chi connectivity index (χ2n) is 4.25. The Morgan fingerprint density at radius 2 is 1.79 bits per heavy atom.